The van der Waals surface area contributed by atoms with Crippen molar-refractivity contribution in [3.63, 3.8) is 0 Å². The van der Waals surface area contributed by atoms with Crippen LogP contribution in [-0.4, -0.2) is 26.8 Å². The second kappa shape index (κ2) is 8.30. The molecule has 2 amide bonds. The van der Waals surface area contributed by atoms with E-state index >= 15 is 0 Å². The van der Waals surface area contributed by atoms with Crippen molar-refractivity contribution in [3.05, 3.63) is 66.7 Å². The second-order valence-corrected chi connectivity index (χ2v) is 7.07. The van der Waals surface area contributed by atoms with E-state index in [9.17, 15) is 18.0 Å². The molecule has 3 N–H and O–H groups in total. The molecule has 0 bridgehead atoms. The average molecular weight is 373 g/mol. The Balaban J connectivity index is 2.16. The van der Waals surface area contributed by atoms with E-state index < -0.39 is 10.0 Å². The van der Waals surface area contributed by atoms with Gasteiger partial charge in [0.05, 0.1) is 10.6 Å². The number of carbonyl (C=O) groups is 2. The van der Waals surface area contributed by atoms with Gasteiger partial charge >= 0.3 is 0 Å². The first kappa shape index (κ1) is 19.2. The Morgan fingerprint density at radius 3 is 2.35 bits per heavy atom. The van der Waals surface area contributed by atoms with Crippen LogP contribution in [0, 0.1) is 0 Å². The fourth-order valence-corrected chi connectivity index (χ4v) is 3.18. The topological polar surface area (TPSA) is 104 Å². The predicted octanol–water partition coefficient (Wildman–Crippen LogP) is 2.36. The molecule has 0 spiro atoms. The first-order chi connectivity index (χ1) is 12.3. The van der Waals surface area contributed by atoms with Crippen LogP contribution >= 0.6 is 0 Å². The molecule has 0 unspecified atom stereocenters. The van der Waals surface area contributed by atoms with Gasteiger partial charge in [-0.05, 0) is 42.5 Å². The van der Waals surface area contributed by atoms with Crippen molar-refractivity contribution < 1.29 is 18.0 Å². The molecule has 8 heteroatoms. The number of carbonyl (C=O) groups excluding carboxylic acids is 2. The van der Waals surface area contributed by atoms with Crippen LogP contribution in [0.25, 0.3) is 0 Å². The summed E-state index contributed by atoms with van der Waals surface area (Å²) in [6.07, 6.45) is 1.55. The monoisotopic (exact) mass is 373 g/mol. The summed E-state index contributed by atoms with van der Waals surface area (Å²) in [7, 11) is -3.83. The van der Waals surface area contributed by atoms with Gasteiger partial charge in [0, 0.05) is 24.7 Å². The lowest BCUT2D eigenvalue weighted by molar-refractivity contribution is -0.114. The highest BCUT2D eigenvalue weighted by molar-refractivity contribution is 7.92. The maximum Gasteiger partial charge on any atom is 0.261 e. The molecule has 0 aliphatic heterocycles. The minimum atomic E-state index is -3.83. The fraction of sp³-hybridized carbons (Fsp3) is 0.111. The van der Waals surface area contributed by atoms with Crippen LogP contribution in [0.4, 0.5) is 11.4 Å². The molecule has 136 valence electrons. The summed E-state index contributed by atoms with van der Waals surface area (Å²) in [5, 5.41) is 5.19. The quantitative estimate of drug-likeness (QED) is 0.648. The van der Waals surface area contributed by atoms with Gasteiger partial charge in [-0.2, -0.15) is 0 Å². The first-order valence-electron chi connectivity index (χ1n) is 7.71. The predicted molar refractivity (Wildman–Crippen MR) is 101 cm³/mol. The Morgan fingerprint density at radius 1 is 1.08 bits per heavy atom. The molecule has 0 aromatic heterocycles. The maximum absolute atomic E-state index is 12.5. The number of sulfonamides is 1. The number of rotatable bonds is 7. The summed E-state index contributed by atoms with van der Waals surface area (Å²) in [5.74, 6) is -0.569. The fourth-order valence-electron chi connectivity index (χ4n) is 2.13. The summed E-state index contributed by atoms with van der Waals surface area (Å²) in [5.41, 5.74) is 1.13. The van der Waals surface area contributed by atoms with E-state index in [2.05, 4.69) is 21.9 Å². The number of benzene rings is 2. The summed E-state index contributed by atoms with van der Waals surface area (Å²) < 4.78 is 27.4. The van der Waals surface area contributed by atoms with Gasteiger partial charge < -0.3 is 10.6 Å². The van der Waals surface area contributed by atoms with E-state index in [0.29, 0.717) is 23.5 Å². The van der Waals surface area contributed by atoms with Gasteiger partial charge in [-0.15, -0.1) is 6.58 Å². The number of nitrogens with one attached hydrogen (secondary N) is 3. The molecule has 7 nitrogen and oxygen atoms in total. The minimum Gasteiger partial charge on any atom is -0.349 e. The van der Waals surface area contributed by atoms with Crippen molar-refractivity contribution in [2.24, 2.45) is 0 Å². The molecule has 2 aromatic carbocycles. The highest BCUT2D eigenvalue weighted by Crippen LogP contribution is 2.20. The number of anilines is 2. The zero-order valence-electron chi connectivity index (χ0n) is 14.2. The van der Waals surface area contributed by atoms with Gasteiger partial charge in [-0.25, -0.2) is 8.42 Å². The Labute approximate surface area is 152 Å². The highest BCUT2D eigenvalue weighted by Gasteiger charge is 2.15. The van der Waals surface area contributed by atoms with Crippen LogP contribution < -0.4 is 15.4 Å². The van der Waals surface area contributed by atoms with Crippen LogP contribution in [0.3, 0.4) is 0 Å². The van der Waals surface area contributed by atoms with E-state index in [-0.39, 0.29) is 16.7 Å². The molecule has 0 saturated carbocycles. The number of hydrogen-bond acceptors (Lipinski definition) is 4. The van der Waals surface area contributed by atoms with Gasteiger partial charge in [0.15, 0.2) is 0 Å². The van der Waals surface area contributed by atoms with Crippen LogP contribution in [0.2, 0.25) is 0 Å². The van der Waals surface area contributed by atoms with E-state index in [0.717, 1.165) is 0 Å². The average Bonchev–Trinajstić information content (AvgIpc) is 2.59. The molecule has 2 rings (SSSR count). The van der Waals surface area contributed by atoms with Crippen LogP contribution in [0.1, 0.15) is 17.3 Å². The second-order valence-electron chi connectivity index (χ2n) is 5.39. The van der Waals surface area contributed by atoms with Crippen molar-refractivity contribution in [2.75, 3.05) is 16.6 Å². The summed E-state index contributed by atoms with van der Waals surface area (Å²) >= 11 is 0. The van der Waals surface area contributed by atoms with Gasteiger partial charge in [0.2, 0.25) is 5.91 Å². The van der Waals surface area contributed by atoms with Gasteiger partial charge in [-0.3, -0.25) is 14.3 Å². The molecule has 0 heterocycles. The van der Waals surface area contributed by atoms with Crippen molar-refractivity contribution in [3.8, 4) is 0 Å². The molecule has 0 fully saturated rings. The van der Waals surface area contributed by atoms with Crippen LogP contribution in [0.5, 0.6) is 0 Å². The van der Waals surface area contributed by atoms with Gasteiger partial charge in [-0.1, -0.05) is 12.1 Å². The van der Waals surface area contributed by atoms with E-state index in [1.807, 2.05) is 0 Å². The number of amides is 2. The molecule has 0 atom stereocenters. The van der Waals surface area contributed by atoms with Crippen LogP contribution in [-0.2, 0) is 14.8 Å². The minimum absolute atomic E-state index is 0.0164. The third-order valence-corrected chi connectivity index (χ3v) is 4.67. The Hall–Kier alpha value is -3.13. The molecule has 2 aromatic rings. The molecule has 0 aliphatic carbocycles. The van der Waals surface area contributed by atoms with Gasteiger partial charge in [0.25, 0.3) is 15.9 Å². The third-order valence-electron chi connectivity index (χ3n) is 3.27. The lowest BCUT2D eigenvalue weighted by Crippen LogP contribution is -2.23. The van der Waals surface area contributed by atoms with Crippen molar-refractivity contribution >= 4 is 33.2 Å². The molecule has 0 radical (unpaired) electrons. The standard InChI is InChI=1S/C18H19N3O4S/c1-3-11-19-18(23)14-7-9-17(10-8-14)26(24,25)21-16-6-4-5-15(12-16)20-13(2)22/h3-10,12,21H,1,11H2,2H3,(H,19,23)(H,20,22). The molecular weight excluding hydrogens is 354 g/mol. The molecule has 0 saturated heterocycles. The maximum atomic E-state index is 12.5. The largest absolute Gasteiger partial charge is 0.349 e. The Morgan fingerprint density at radius 2 is 1.73 bits per heavy atom. The van der Waals surface area contributed by atoms with Crippen molar-refractivity contribution in [1.29, 1.82) is 0 Å². The smallest absolute Gasteiger partial charge is 0.261 e. The zero-order valence-corrected chi connectivity index (χ0v) is 15.0. The highest BCUT2D eigenvalue weighted by atomic mass is 32.2. The zero-order chi connectivity index (χ0) is 19.2. The summed E-state index contributed by atoms with van der Waals surface area (Å²) in [6, 6.07) is 11.9. The molecular formula is C18H19N3O4S. The van der Waals surface area contributed by atoms with Crippen molar-refractivity contribution in [2.45, 2.75) is 11.8 Å². The van der Waals surface area contributed by atoms with Gasteiger partial charge in [0.1, 0.15) is 0 Å². The Kier molecular flexibility index (Phi) is 6.13. The SMILES string of the molecule is C=CCNC(=O)c1ccc(S(=O)(=O)Nc2cccc(NC(C)=O)c2)cc1. The van der Waals surface area contributed by atoms with E-state index in [4.69, 9.17) is 0 Å². The molecule has 26 heavy (non-hydrogen) atoms. The lowest BCUT2D eigenvalue weighted by Gasteiger charge is -2.10. The van der Waals surface area contributed by atoms with Crippen LogP contribution in [0.15, 0.2) is 66.1 Å². The normalized spacial score (nSPS) is 10.7. The van der Waals surface area contributed by atoms with E-state index in [1.54, 1.807) is 24.3 Å². The summed E-state index contributed by atoms with van der Waals surface area (Å²) in [6.45, 7) is 5.20. The van der Waals surface area contributed by atoms with Crippen molar-refractivity contribution in [1.82, 2.24) is 5.32 Å². The lowest BCUT2D eigenvalue weighted by atomic mass is 10.2. The summed E-state index contributed by atoms with van der Waals surface area (Å²) in [4.78, 5) is 22.9. The Bertz CT molecular complexity index is 922. The molecule has 0 aliphatic rings. The first-order valence-corrected chi connectivity index (χ1v) is 9.20. The third kappa shape index (κ3) is 5.18. The van der Waals surface area contributed by atoms with E-state index in [1.165, 1.54) is 37.3 Å². The number of hydrogen-bond donors (Lipinski definition) is 3.